The largest absolute Gasteiger partial charge is 0.475 e. The average Bonchev–Trinajstić information content (AvgIpc) is 2.29. The van der Waals surface area contributed by atoms with Gasteiger partial charge in [0.2, 0.25) is 5.90 Å². The maximum atomic E-state index is 7.58. The summed E-state index contributed by atoms with van der Waals surface area (Å²) in [7, 11) is -1.94. The van der Waals surface area contributed by atoms with Crippen molar-refractivity contribution >= 4 is 49.0 Å². The Morgan fingerprint density at radius 1 is 1.24 bits per heavy atom. The third-order valence-electron chi connectivity index (χ3n) is 3.49. The molecule has 1 atom stereocenters. The minimum atomic E-state index is -1.94. The molecule has 0 aromatic carbocycles. The third kappa shape index (κ3) is 7.89. The standard InChI is InChI=1S/C14H26Cl3NO2Si/c1-7-8-9-11(10-19-12(18)14(15,16)17)20-21(5,6)13(2,3)4/h8-9,11,18H,7,10H2,1-6H3/b9-8-,18-12?/t11-/m0/s1. The number of ether oxygens (including phenoxy) is 1. The van der Waals surface area contributed by atoms with Crippen LogP contribution in [0.2, 0.25) is 18.1 Å². The van der Waals surface area contributed by atoms with Crippen LogP contribution in [-0.4, -0.2) is 30.7 Å². The predicted molar refractivity (Wildman–Crippen MR) is 95.5 cm³/mol. The fourth-order valence-electron chi connectivity index (χ4n) is 1.22. The highest BCUT2D eigenvalue weighted by atomic mass is 35.6. The Bertz CT molecular complexity index is 373. The number of halogens is 3. The minimum absolute atomic E-state index is 0.0913. The summed E-state index contributed by atoms with van der Waals surface area (Å²) >= 11 is 16.8. The molecule has 0 saturated heterocycles. The van der Waals surface area contributed by atoms with Crippen molar-refractivity contribution in [1.29, 1.82) is 5.41 Å². The Hall–Kier alpha value is 0.257. The normalized spacial score (nSPS) is 15.3. The van der Waals surface area contributed by atoms with Gasteiger partial charge in [-0.2, -0.15) is 0 Å². The van der Waals surface area contributed by atoms with E-state index in [2.05, 4.69) is 33.9 Å². The zero-order valence-corrected chi connectivity index (χ0v) is 16.9. The molecule has 0 radical (unpaired) electrons. The Balaban J connectivity index is 4.84. The highest BCUT2D eigenvalue weighted by Crippen LogP contribution is 2.37. The summed E-state index contributed by atoms with van der Waals surface area (Å²) in [5.41, 5.74) is 0. The monoisotopic (exact) mass is 373 g/mol. The van der Waals surface area contributed by atoms with Crippen LogP contribution in [-0.2, 0) is 9.16 Å². The van der Waals surface area contributed by atoms with E-state index >= 15 is 0 Å². The van der Waals surface area contributed by atoms with Crippen molar-refractivity contribution in [3.63, 3.8) is 0 Å². The van der Waals surface area contributed by atoms with Gasteiger partial charge >= 0.3 is 0 Å². The van der Waals surface area contributed by atoms with E-state index in [1.54, 1.807) is 0 Å². The molecule has 7 heteroatoms. The molecule has 0 aliphatic carbocycles. The highest BCUT2D eigenvalue weighted by molar-refractivity contribution is 6.76. The van der Waals surface area contributed by atoms with Crippen LogP contribution >= 0.6 is 34.8 Å². The van der Waals surface area contributed by atoms with Crippen LogP contribution in [0.25, 0.3) is 0 Å². The van der Waals surface area contributed by atoms with E-state index < -0.39 is 12.1 Å². The first-order chi connectivity index (χ1) is 9.31. The Morgan fingerprint density at radius 2 is 1.76 bits per heavy atom. The molecular formula is C14H26Cl3NO2Si. The molecule has 0 unspecified atom stereocenters. The Morgan fingerprint density at radius 3 is 2.14 bits per heavy atom. The van der Waals surface area contributed by atoms with Crippen molar-refractivity contribution in [2.75, 3.05) is 6.61 Å². The minimum Gasteiger partial charge on any atom is -0.475 e. The summed E-state index contributed by atoms with van der Waals surface area (Å²) in [5.74, 6) is -0.388. The summed E-state index contributed by atoms with van der Waals surface area (Å²) in [4.78, 5) is 0. The molecule has 3 nitrogen and oxygen atoms in total. The zero-order chi connectivity index (χ0) is 16.9. The lowest BCUT2D eigenvalue weighted by atomic mass is 10.2. The van der Waals surface area contributed by atoms with E-state index in [-0.39, 0.29) is 23.6 Å². The van der Waals surface area contributed by atoms with Gasteiger partial charge in [-0.3, -0.25) is 5.41 Å². The van der Waals surface area contributed by atoms with E-state index in [9.17, 15) is 0 Å². The molecule has 0 saturated carbocycles. The molecule has 0 aromatic heterocycles. The zero-order valence-electron chi connectivity index (χ0n) is 13.6. The molecule has 0 rings (SSSR count). The Labute approximate surface area is 144 Å². The Kier molecular flexibility index (Phi) is 8.31. The average molecular weight is 375 g/mol. The van der Waals surface area contributed by atoms with Crippen molar-refractivity contribution in [2.45, 2.75) is 62.1 Å². The maximum Gasteiger partial charge on any atom is 0.265 e. The molecule has 0 bridgehead atoms. The van der Waals surface area contributed by atoms with Gasteiger partial charge < -0.3 is 9.16 Å². The number of allylic oxidation sites excluding steroid dienone is 1. The van der Waals surface area contributed by atoms with Crippen LogP contribution in [0.15, 0.2) is 12.2 Å². The van der Waals surface area contributed by atoms with Crippen LogP contribution in [0.3, 0.4) is 0 Å². The highest BCUT2D eigenvalue weighted by Gasteiger charge is 2.39. The molecule has 0 heterocycles. The van der Waals surface area contributed by atoms with Crippen LogP contribution in [0.1, 0.15) is 34.1 Å². The summed E-state index contributed by atoms with van der Waals surface area (Å²) in [6, 6.07) is 0. The van der Waals surface area contributed by atoms with Crippen LogP contribution in [0.4, 0.5) is 0 Å². The molecule has 21 heavy (non-hydrogen) atoms. The molecule has 0 amide bonds. The first-order valence-corrected chi connectivity index (χ1v) is 11.0. The van der Waals surface area contributed by atoms with Gasteiger partial charge in [0.1, 0.15) is 6.61 Å². The fourth-order valence-corrected chi connectivity index (χ4v) is 2.64. The number of rotatable bonds is 6. The van der Waals surface area contributed by atoms with Gasteiger partial charge in [-0.25, -0.2) is 0 Å². The second kappa shape index (κ2) is 8.21. The maximum absolute atomic E-state index is 7.58. The fraction of sp³-hybridized carbons (Fsp3) is 0.786. The topological polar surface area (TPSA) is 42.3 Å². The summed E-state index contributed by atoms with van der Waals surface area (Å²) in [6.45, 7) is 13.1. The van der Waals surface area contributed by atoms with Crippen molar-refractivity contribution < 1.29 is 9.16 Å². The number of hydrogen-bond donors (Lipinski definition) is 1. The lowest BCUT2D eigenvalue weighted by molar-refractivity contribution is 0.141. The van der Waals surface area contributed by atoms with Gasteiger partial charge in [0.05, 0.1) is 6.10 Å². The van der Waals surface area contributed by atoms with E-state index in [1.165, 1.54) is 0 Å². The quantitative estimate of drug-likeness (QED) is 0.213. The first kappa shape index (κ1) is 21.3. The van der Waals surface area contributed by atoms with Gasteiger partial charge in [-0.1, -0.05) is 74.6 Å². The molecule has 0 spiro atoms. The van der Waals surface area contributed by atoms with Crippen LogP contribution in [0.5, 0.6) is 0 Å². The van der Waals surface area contributed by atoms with Gasteiger partial charge in [0.15, 0.2) is 8.32 Å². The van der Waals surface area contributed by atoms with Gasteiger partial charge in [-0.15, -0.1) is 0 Å². The van der Waals surface area contributed by atoms with Crippen LogP contribution in [0, 0.1) is 5.41 Å². The smallest absolute Gasteiger partial charge is 0.265 e. The second-order valence-electron chi connectivity index (χ2n) is 6.39. The molecule has 0 aliphatic heterocycles. The molecular weight excluding hydrogens is 349 g/mol. The van der Waals surface area contributed by atoms with Gasteiger partial charge in [0, 0.05) is 0 Å². The van der Waals surface area contributed by atoms with E-state index in [0.717, 1.165) is 6.42 Å². The van der Waals surface area contributed by atoms with E-state index in [4.69, 9.17) is 49.4 Å². The summed E-state index contributed by atoms with van der Waals surface area (Å²) < 4.78 is 9.69. The SMILES string of the molecule is CC/C=C\[C@@H](COC(=N)C(Cl)(Cl)Cl)O[Si](C)(C)C(C)(C)C. The van der Waals surface area contributed by atoms with Crippen molar-refractivity contribution in [2.24, 2.45) is 0 Å². The van der Waals surface area contributed by atoms with E-state index in [1.807, 2.05) is 19.1 Å². The lowest BCUT2D eigenvalue weighted by Crippen LogP contribution is -2.45. The third-order valence-corrected chi connectivity index (χ3v) is 8.51. The first-order valence-electron chi connectivity index (χ1n) is 6.94. The summed E-state index contributed by atoms with van der Waals surface area (Å²) in [6.07, 6.45) is 4.62. The number of alkyl halides is 3. The van der Waals surface area contributed by atoms with Crippen molar-refractivity contribution in [1.82, 2.24) is 0 Å². The molecule has 124 valence electrons. The second-order valence-corrected chi connectivity index (χ2v) is 13.4. The predicted octanol–water partition coefficient (Wildman–Crippen LogP) is 5.71. The number of nitrogens with one attached hydrogen (secondary N) is 1. The summed E-state index contributed by atoms with van der Waals surface area (Å²) in [5, 5.41) is 7.67. The molecule has 0 aromatic rings. The van der Waals surface area contributed by atoms with Crippen molar-refractivity contribution in [3.8, 4) is 0 Å². The van der Waals surface area contributed by atoms with Crippen molar-refractivity contribution in [3.05, 3.63) is 12.2 Å². The molecule has 0 fully saturated rings. The molecule has 0 aliphatic rings. The lowest BCUT2D eigenvalue weighted by Gasteiger charge is -2.38. The van der Waals surface area contributed by atoms with E-state index in [0.29, 0.717) is 0 Å². The van der Waals surface area contributed by atoms with Crippen LogP contribution < -0.4 is 0 Å². The molecule has 1 N–H and O–H groups in total. The van der Waals surface area contributed by atoms with Gasteiger partial charge in [0.25, 0.3) is 3.79 Å². The van der Waals surface area contributed by atoms with Gasteiger partial charge in [-0.05, 0) is 24.6 Å². The number of hydrogen-bond acceptors (Lipinski definition) is 3.